The summed E-state index contributed by atoms with van der Waals surface area (Å²) in [6.45, 7) is 3.38. The van der Waals surface area contributed by atoms with Gasteiger partial charge >= 0.3 is 6.03 Å². The van der Waals surface area contributed by atoms with Gasteiger partial charge in [-0.2, -0.15) is 8.42 Å². The summed E-state index contributed by atoms with van der Waals surface area (Å²) < 4.78 is 34.6. The van der Waals surface area contributed by atoms with Crippen LogP contribution < -0.4 is 10.6 Å². The molecule has 2 aromatic rings. The van der Waals surface area contributed by atoms with Crippen LogP contribution in [0.2, 0.25) is 0 Å². The molecule has 9 heteroatoms. The molecule has 1 aromatic heterocycles. The highest BCUT2D eigenvalue weighted by molar-refractivity contribution is 8.00. The van der Waals surface area contributed by atoms with Gasteiger partial charge in [-0.05, 0) is 37.5 Å². The molecule has 30 heavy (non-hydrogen) atoms. The van der Waals surface area contributed by atoms with E-state index in [4.69, 9.17) is 4.42 Å². The summed E-state index contributed by atoms with van der Waals surface area (Å²) >= 11 is 0. The predicted octanol–water partition coefficient (Wildman–Crippen LogP) is 2.72. The number of nitrogens with zero attached hydrogens (tertiary/aromatic N) is 2. The summed E-state index contributed by atoms with van der Waals surface area (Å²) in [6.07, 6.45) is 2.98. The van der Waals surface area contributed by atoms with Crippen LogP contribution in [0.15, 0.2) is 63.1 Å². The molecule has 1 fully saturated rings. The Bertz CT molecular complexity index is 1070. The molecule has 1 saturated heterocycles. The Morgan fingerprint density at radius 1 is 1.17 bits per heavy atom. The van der Waals surface area contributed by atoms with Crippen LogP contribution in [0.3, 0.4) is 0 Å². The SMILES string of the molecule is CC1=C(c2ccccc2)S(=O)(=O)N=C1N1CCC(NC(=O)NCc2ccco2)CC1. The summed E-state index contributed by atoms with van der Waals surface area (Å²) in [5.41, 5.74) is 1.32. The van der Waals surface area contributed by atoms with Crippen LogP contribution in [-0.4, -0.2) is 44.3 Å². The number of sulfonamides is 1. The Labute approximate surface area is 175 Å². The van der Waals surface area contributed by atoms with E-state index in [1.165, 1.54) is 0 Å². The maximum absolute atomic E-state index is 12.7. The highest BCUT2D eigenvalue weighted by Crippen LogP contribution is 2.34. The molecule has 0 saturated carbocycles. The number of amides is 2. The van der Waals surface area contributed by atoms with Crippen molar-refractivity contribution in [2.24, 2.45) is 4.40 Å². The first kappa shape index (κ1) is 20.2. The Morgan fingerprint density at radius 3 is 2.57 bits per heavy atom. The molecular formula is C21H24N4O4S. The van der Waals surface area contributed by atoms with Gasteiger partial charge in [-0.1, -0.05) is 30.3 Å². The zero-order chi connectivity index (χ0) is 21.1. The molecule has 4 rings (SSSR count). The third kappa shape index (κ3) is 4.25. The van der Waals surface area contributed by atoms with E-state index in [0.29, 0.717) is 55.2 Å². The molecule has 0 spiro atoms. The number of urea groups is 1. The largest absolute Gasteiger partial charge is 0.467 e. The molecular weight excluding hydrogens is 404 g/mol. The number of furan rings is 1. The van der Waals surface area contributed by atoms with E-state index < -0.39 is 10.0 Å². The average Bonchev–Trinajstić information content (AvgIpc) is 3.33. The third-order valence-corrected chi connectivity index (χ3v) is 6.78. The standard InChI is InChI=1S/C21H24N4O4S/c1-15-19(16-6-3-2-4-7-16)30(27,28)24-20(15)25-11-9-17(10-12-25)23-21(26)22-14-18-8-5-13-29-18/h2-8,13,17H,9-12,14H2,1H3,(H2,22,23,26). The lowest BCUT2D eigenvalue weighted by Crippen LogP contribution is -2.49. The predicted molar refractivity (Wildman–Crippen MR) is 114 cm³/mol. The van der Waals surface area contributed by atoms with E-state index >= 15 is 0 Å². The van der Waals surface area contributed by atoms with Gasteiger partial charge in [0, 0.05) is 24.7 Å². The van der Waals surface area contributed by atoms with E-state index in [2.05, 4.69) is 15.0 Å². The van der Waals surface area contributed by atoms with E-state index in [-0.39, 0.29) is 17.0 Å². The molecule has 0 unspecified atom stereocenters. The van der Waals surface area contributed by atoms with Gasteiger partial charge in [0.05, 0.1) is 12.8 Å². The Kier molecular flexibility index (Phi) is 5.63. The first-order chi connectivity index (χ1) is 14.4. The number of likely N-dealkylation sites (tertiary alicyclic amines) is 1. The highest BCUT2D eigenvalue weighted by atomic mass is 32.2. The topological polar surface area (TPSA) is 104 Å². The maximum Gasteiger partial charge on any atom is 0.315 e. The first-order valence-corrected chi connectivity index (χ1v) is 11.3. The van der Waals surface area contributed by atoms with Crippen molar-refractivity contribution in [1.29, 1.82) is 0 Å². The number of nitrogens with one attached hydrogen (secondary N) is 2. The van der Waals surface area contributed by atoms with Gasteiger partial charge in [-0.15, -0.1) is 4.40 Å². The zero-order valence-electron chi connectivity index (χ0n) is 16.7. The zero-order valence-corrected chi connectivity index (χ0v) is 17.5. The molecule has 0 atom stereocenters. The summed E-state index contributed by atoms with van der Waals surface area (Å²) in [5.74, 6) is 1.20. The van der Waals surface area contributed by atoms with E-state index in [0.717, 1.165) is 0 Å². The van der Waals surface area contributed by atoms with Crippen molar-refractivity contribution in [2.75, 3.05) is 13.1 Å². The molecule has 2 amide bonds. The quantitative estimate of drug-likeness (QED) is 0.779. The normalized spacial score (nSPS) is 19.0. The first-order valence-electron chi connectivity index (χ1n) is 9.87. The average molecular weight is 429 g/mol. The fourth-order valence-electron chi connectivity index (χ4n) is 3.83. The van der Waals surface area contributed by atoms with E-state index in [1.807, 2.05) is 23.1 Å². The smallest absolute Gasteiger partial charge is 0.315 e. The van der Waals surface area contributed by atoms with Crippen LogP contribution in [0.5, 0.6) is 0 Å². The van der Waals surface area contributed by atoms with Crippen LogP contribution in [0, 0.1) is 0 Å². The molecule has 1 aromatic carbocycles. The number of carbonyl (C=O) groups is 1. The number of piperidine rings is 1. The third-order valence-electron chi connectivity index (χ3n) is 5.31. The number of hydrogen-bond donors (Lipinski definition) is 2. The minimum Gasteiger partial charge on any atom is -0.467 e. The van der Waals surface area contributed by atoms with Gasteiger partial charge < -0.3 is 20.0 Å². The van der Waals surface area contributed by atoms with Gasteiger partial charge in [-0.25, -0.2) is 4.79 Å². The maximum atomic E-state index is 12.7. The lowest BCUT2D eigenvalue weighted by molar-refractivity contribution is 0.225. The number of rotatable bonds is 4. The van der Waals surface area contributed by atoms with Crippen molar-refractivity contribution in [3.05, 3.63) is 65.6 Å². The van der Waals surface area contributed by atoms with Crippen molar-refractivity contribution in [3.8, 4) is 0 Å². The summed E-state index contributed by atoms with van der Waals surface area (Å²) in [4.78, 5) is 14.4. The number of carbonyl (C=O) groups excluding carboxylic acids is 1. The molecule has 2 aliphatic rings. The van der Waals surface area contributed by atoms with Gasteiger partial charge in [0.15, 0.2) is 0 Å². The molecule has 0 aliphatic carbocycles. The van der Waals surface area contributed by atoms with Crippen LogP contribution in [-0.2, 0) is 16.6 Å². The molecule has 0 radical (unpaired) electrons. The number of hydrogen-bond acceptors (Lipinski definition) is 5. The lowest BCUT2D eigenvalue weighted by Gasteiger charge is -2.33. The minimum absolute atomic E-state index is 0.0225. The van der Waals surface area contributed by atoms with Crippen LogP contribution in [0.25, 0.3) is 4.91 Å². The molecule has 2 N–H and O–H groups in total. The lowest BCUT2D eigenvalue weighted by atomic mass is 10.0. The summed E-state index contributed by atoms with van der Waals surface area (Å²) in [5, 5.41) is 5.74. The molecule has 0 bridgehead atoms. The Balaban J connectivity index is 1.36. The highest BCUT2D eigenvalue weighted by Gasteiger charge is 2.34. The van der Waals surface area contributed by atoms with Crippen LogP contribution >= 0.6 is 0 Å². The summed E-state index contributed by atoms with van der Waals surface area (Å²) in [7, 11) is -3.71. The number of benzene rings is 1. The van der Waals surface area contributed by atoms with E-state index in [1.54, 1.807) is 37.5 Å². The monoisotopic (exact) mass is 428 g/mol. The molecule has 3 heterocycles. The van der Waals surface area contributed by atoms with Crippen molar-refractivity contribution in [3.63, 3.8) is 0 Å². The van der Waals surface area contributed by atoms with Gasteiger partial charge in [0.1, 0.15) is 16.5 Å². The van der Waals surface area contributed by atoms with Crippen molar-refractivity contribution in [2.45, 2.75) is 32.4 Å². The van der Waals surface area contributed by atoms with Crippen molar-refractivity contribution in [1.82, 2.24) is 15.5 Å². The van der Waals surface area contributed by atoms with Crippen LogP contribution in [0.4, 0.5) is 4.79 Å². The minimum atomic E-state index is -3.71. The van der Waals surface area contributed by atoms with E-state index in [9.17, 15) is 13.2 Å². The Hall–Kier alpha value is -3.07. The molecule has 8 nitrogen and oxygen atoms in total. The van der Waals surface area contributed by atoms with Crippen molar-refractivity contribution >= 4 is 26.8 Å². The second-order valence-corrected chi connectivity index (χ2v) is 8.92. The summed E-state index contributed by atoms with van der Waals surface area (Å²) in [6, 6.07) is 12.4. The van der Waals surface area contributed by atoms with Crippen LogP contribution in [0.1, 0.15) is 31.1 Å². The fourth-order valence-corrected chi connectivity index (χ4v) is 5.31. The van der Waals surface area contributed by atoms with Gasteiger partial charge in [-0.3, -0.25) is 0 Å². The van der Waals surface area contributed by atoms with Gasteiger partial charge in [0.2, 0.25) is 0 Å². The Morgan fingerprint density at radius 2 is 1.90 bits per heavy atom. The second kappa shape index (κ2) is 8.35. The molecule has 158 valence electrons. The second-order valence-electron chi connectivity index (χ2n) is 7.38. The number of amidine groups is 1. The van der Waals surface area contributed by atoms with Crippen molar-refractivity contribution < 1.29 is 17.6 Å². The fraction of sp³-hybridized carbons (Fsp3) is 0.333. The van der Waals surface area contributed by atoms with Gasteiger partial charge in [0.25, 0.3) is 10.0 Å². The molecule has 2 aliphatic heterocycles.